The van der Waals surface area contributed by atoms with E-state index in [1.54, 1.807) is 0 Å². The van der Waals surface area contributed by atoms with Gasteiger partial charge in [-0.25, -0.2) is 0 Å². The minimum Gasteiger partial charge on any atom is -0.311 e. The summed E-state index contributed by atoms with van der Waals surface area (Å²) in [6, 6.07) is 2.37. The van der Waals surface area contributed by atoms with Crippen molar-refractivity contribution in [1.82, 2.24) is 10.2 Å². The zero-order chi connectivity index (χ0) is 13.1. The average Bonchev–Trinajstić information content (AvgIpc) is 2.80. The summed E-state index contributed by atoms with van der Waals surface area (Å²) in [7, 11) is 0. The first-order valence-corrected chi connectivity index (χ1v) is 8.07. The van der Waals surface area contributed by atoms with Crippen LogP contribution in [0, 0.1) is 11.8 Å². The van der Waals surface area contributed by atoms with Crippen molar-refractivity contribution in [3.8, 4) is 0 Å². The van der Waals surface area contributed by atoms with Crippen molar-refractivity contribution in [2.24, 2.45) is 11.8 Å². The van der Waals surface area contributed by atoms with E-state index in [2.05, 4.69) is 37.9 Å². The van der Waals surface area contributed by atoms with Gasteiger partial charge in [-0.05, 0) is 31.1 Å². The van der Waals surface area contributed by atoms with E-state index in [0.717, 1.165) is 30.0 Å². The highest BCUT2D eigenvalue weighted by atomic mass is 15.3. The molecule has 2 heteroatoms. The fourth-order valence-corrected chi connectivity index (χ4v) is 3.86. The van der Waals surface area contributed by atoms with E-state index in [-0.39, 0.29) is 0 Å². The van der Waals surface area contributed by atoms with Gasteiger partial charge < -0.3 is 5.32 Å². The molecule has 2 unspecified atom stereocenters. The molecule has 0 spiro atoms. The lowest BCUT2D eigenvalue weighted by atomic mass is 9.93. The van der Waals surface area contributed by atoms with Gasteiger partial charge in [-0.3, -0.25) is 4.90 Å². The summed E-state index contributed by atoms with van der Waals surface area (Å²) in [5, 5.41) is 3.79. The van der Waals surface area contributed by atoms with Crippen molar-refractivity contribution < 1.29 is 0 Å². The van der Waals surface area contributed by atoms with Crippen LogP contribution in [0.2, 0.25) is 0 Å². The normalized spacial score (nSPS) is 31.7. The molecule has 0 aromatic heterocycles. The Bertz CT molecular complexity index is 243. The van der Waals surface area contributed by atoms with Crippen molar-refractivity contribution in [2.75, 3.05) is 13.1 Å². The van der Waals surface area contributed by atoms with E-state index in [9.17, 15) is 0 Å². The van der Waals surface area contributed by atoms with E-state index in [0.29, 0.717) is 0 Å². The molecule has 1 N–H and O–H groups in total. The van der Waals surface area contributed by atoms with E-state index < -0.39 is 0 Å². The van der Waals surface area contributed by atoms with Gasteiger partial charge in [0, 0.05) is 31.2 Å². The molecule has 1 aliphatic heterocycles. The van der Waals surface area contributed by atoms with Gasteiger partial charge in [0.15, 0.2) is 0 Å². The minimum atomic E-state index is 0.723. The molecule has 2 aliphatic rings. The molecule has 0 radical (unpaired) electrons. The Balaban J connectivity index is 1.98. The Morgan fingerprint density at radius 3 is 2.33 bits per heavy atom. The van der Waals surface area contributed by atoms with Crippen LogP contribution in [-0.2, 0) is 0 Å². The molecule has 2 atom stereocenters. The lowest BCUT2D eigenvalue weighted by Gasteiger charge is -2.46. The van der Waals surface area contributed by atoms with Gasteiger partial charge in [-0.2, -0.15) is 0 Å². The van der Waals surface area contributed by atoms with Crippen molar-refractivity contribution in [2.45, 2.75) is 77.9 Å². The van der Waals surface area contributed by atoms with Gasteiger partial charge >= 0.3 is 0 Å². The molecule has 1 heterocycles. The molecule has 18 heavy (non-hydrogen) atoms. The number of hydrogen-bond acceptors (Lipinski definition) is 2. The zero-order valence-corrected chi connectivity index (χ0v) is 12.8. The Kier molecular flexibility index (Phi) is 5.08. The smallest absolute Gasteiger partial charge is 0.0247 e. The summed E-state index contributed by atoms with van der Waals surface area (Å²) in [6.07, 6.45) is 7.12. The van der Waals surface area contributed by atoms with Gasteiger partial charge in [-0.1, -0.05) is 40.5 Å². The number of nitrogens with one attached hydrogen (secondary N) is 1. The average molecular weight is 252 g/mol. The molecule has 1 saturated carbocycles. The van der Waals surface area contributed by atoms with Gasteiger partial charge in [-0.15, -0.1) is 0 Å². The third-order valence-corrected chi connectivity index (χ3v) is 4.79. The summed E-state index contributed by atoms with van der Waals surface area (Å²) in [6.45, 7) is 11.9. The molecule has 2 fully saturated rings. The molecule has 0 bridgehead atoms. The van der Waals surface area contributed by atoms with E-state index >= 15 is 0 Å². The maximum absolute atomic E-state index is 3.79. The van der Waals surface area contributed by atoms with Crippen molar-refractivity contribution >= 4 is 0 Å². The maximum Gasteiger partial charge on any atom is 0.0247 e. The molecular weight excluding hydrogens is 220 g/mol. The zero-order valence-electron chi connectivity index (χ0n) is 12.8. The SMILES string of the molecule is CC(C)CC1CN(C2CCCC2)C(C(C)C)CN1. The maximum atomic E-state index is 3.79. The fourth-order valence-electron chi connectivity index (χ4n) is 3.86. The van der Waals surface area contributed by atoms with Crippen LogP contribution in [0.15, 0.2) is 0 Å². The molecule has 2 rings (SSSR count). The van der Waals surface area contributed by atoms with Gasteiger partial charge in [0.1, 0.15) is 0 Å². The predicted molar refractivity (Wildman–Crippen MR) is 78.8 cm³/mol. The Morgan fingerprint density at radius 2 is 1.78 bits per heavy atom. The number of rotatable bonds is 4. The first-order valence-electron chi connectivity index (χ1n) is 8.07. The first kappa shape index (κ1) is 14.3. The molecule has 0 aromatic carbocycles. The van der Waals surface area contributed by atoms with Crippen LogP contribution in [-0.4, -0.2) is 36.1 Å². The van der Waals surface area contributed by atoms with Crippen molar-refractivity contribution in [1.29, 1.82) is 0 Å². The van der Waals surface area contributed by atoms with Gasteiger partial charge in [0.25, 0.3) is 0 Å². The first-order chi connectivity index (χ1) is 8.58. The van der Waals surface area contributed by atoms with Crippen molar-refractivity contribution in [3.63, 3.8) is 0 Å². The molecule has 106 valence electrons. The van der Waals surface area contributed by atoms with Crippen LogP contribution in [0.25, 0.3) is 0 Å². The molecule has 0 aromatic rings. The highest BCUT2D eigenvalue weighted by Gasteiger charge is 2.35. The van der Waals surface area contributed by atoms with Crippen LogP contribution in [0.3, 0.4) is 0 Å². The van der Waals surface area contributed by atoms with E-state index in [1.807, 2.05) is 0 Å². The standard InChI is InChI=1S/C16H32N2/c1-12(2)9-14-11-18(15-7-5-6-8-15)16(10-17-14)13(3)4/h12-17H,5-11H2,1-4H3. The second-order valence-corrected chi connectivity index (χ2v) is 7.18. The second kappa shape index (κ2) is 6.38. The summed E-state index contributed by atoms with van der Waals surface area (Å²) in [5.41, 5.74) is 0. The van der Waals surface area contributed by atoms with E-state index in [4.69, 9.17) is 0 Å². The molecule has 0 amide bonds. The lowest BCUT2D eigenvalue weighted by molar-refractivity contribution is 0.0532. The Hall–Kier alpha value is -0.0800. The Labute approximate surface area is 114 Å². The highest BCUT2D eigenvalue weighted by molar-refractivity contribution is 4.92. The third kappa shape index (κ3) is 3.48. The lowest BCUT2D eigenvalue weighted by Crippen LogP contribution is -2.60. The summed E-state index contributed by atoms with van der Waals surface area (Å²) in [5.74, 6) is 1.58. The molecule has 1 saturated heterocycles. The second-order valence-electron chi connectivity index (χ2n) is 7.18. The predicted octanol–water partition coefficient (Wildman–Crippen LogP) is 3.27. The summed E-state index contributed by atoms with van der Waals surface area (Å²) in [4.78, 5) is 2.86. The summed E-state index contributed by atoms with van der Waals surface area (Å²) < 4.78 is 0. The number of hydrogen-bond donors (Lipinski definition) is 1. The van der Waals surface area contributed by atoms with Gasteiger partial charge in [0.2, 0.25) is 0 Å². The topological polar surface area (TPSA) is 15.3 Å². The number of nitrogens with zero attached hydrogens (tertiary/aromatic N) is 1. The molecule has 1 aliphatic carbocycles. The monoisotopic (exact) mass is 252 g/mol. The van der Waals surface area contributed by atoms with Crippen LogP contribution in [0.4, 0.5) is 0 Å². The van der Waals surface area contributed by atoms with Gasteiger partial charge in [0.05, 0.1) is 0 Å². The van der Waals surface area contributed by atoms with Crippen LogP contribution < -0.4 is 5.32 Å². The van der Waals surface area contributed by atoms with Crippen LogP contribution >= 0.6 is 0 Å². The molecular formula is C16H32N2. The summed E-state index contributed by atoms with van der Waals surface area (Å²) >= 11 is 0. The van der Waals surface area contributed by atoms with Crippen LogP contribution in [0.1, 0.15) is 59.8 Å². The fraction of sp³-hybridized carbons (Fsp3) is 1.00. The van der Waals surface area contributed by atoms with E-state index in [1.165, 1.54) is 45.2 Å². The molecule has 2 nitrogen and oxygen atoms in total. The van der Waals surface area contributed by atoms with Crippen LogP contribution in [0.5, 0.6) is 0 Å². The quantitative estimate of drug-likeness (QED) is 0.826. The minimum absolute atomic E-state index is 0.723. The third-order valence-electron chi connectivity index (χ3n) is 4.79. The largest absolute Gasteiger partial charge is 0.311 e. The Morgan fingerprint density at radius 1 is 1.11 bits per heavy atom. The van der Waals surface area contributed by atoms with Crippen molar-refractivity contribution in [3.05, 3.63) is 0 Å². The highest BCUT2D eigenvalue weighted by Crippen LogP contribution is 2.29. The number of piperazine rings is 1.